The van der Waals surface area contributed by atoms with E-state index in [0.717, 1.165) is 11.9 Å². The van der Waals surface area contributed by atoms with Crippen LogP contribution >= 0.6 is 15.9 Å². The number of halogens is 1. The summed E-state index contributed by atoms with van der Waals surface area (Å²) in [5, 5.41) is 9.96. The lowest BCUT2D eigenvalue weighted by Gasteiger charge is -2.13. The van der Waals surface area contributed by atoms with Gasteiger partial charge >= 0.3 is 0 Å². The number of hydrogen-bond donors (Lipinski definition) is 1. The van der Waals surface area contributed by atoms with Gasteiger partial charge in [0, 0.05) is 18.5 Å². The van der Waals surface area contributed by atoms with Crippen molar-refractivity contribution in [2.24, 2.45) is 5.92 Å². The largest absolute Gasteiger partial charge is 0.396 e. The maximum atomic E-state index is 8.87. The SMILES string of the molecule is OCC1CCN(CCCBr)C1. The van der Waals surface area contributed by atoms with Gasteiger partial charge in [0.2, 0.25) is 0 Å². The van der Waals surface area contributed by atoms with Crippen LogP contribution in [-0.4, -0.2) is 41.6 Å². The molecule has 2 nitrogen and oxygen atoms in total. The highest BCUT2D eigenvalue weighted by Gasteiger charge is 2.20. The fraction of sp³-hybridized carbons (Fsp3) is 1.00. The smallest absolute Gasteiger partial charge is 0.0471 e. The van der Waals surface area contributed by atoms with Crippen LogP contribution in [0.4, 0.5) is 0 Å². The molecule has 1 atom stereocenters. The molecular weight excluding hydrogens is 206 g/mol. The highest BCUT2D eigenvalue weighted by atomic mass is 79.9. The van der Waals surface area contributed by atoms with Crippen molar-refractivity contribution >= 4 is 15.9 Å². The van der Waals surface area contributed by atoms with Gasteiger partial charge in [0.1, 0.15) is 0 Å². The van der Waals surface area contributed by atoms with E-state index in [1.165, 1.54) is 25.9 Å². The first-order valence-corrected chi connectivity index (χ1v) is 5.38. The minimum absolute atomic E-state index is 0.366. The first-order chi connectivity index (χ1) is 5.36. The zero-order valence-corrected chi connectivity index (χ0v) is 8.39. The van der Waals surface area contributed by atoms with E-state index in [-0.39, 0.29) is 0 Å². The third-order valence-electron chi connectivity index (χ3n) is 2.24. The summed E-state index contributed by atoms with van der Waals surface area (Å²) in [5.74, 6) is 0.547. The Labute approximate surface area is 76.7 Å². The maximum absolute atomic E-state index is 8.87. The normalized spacial score (nSPS) is 26.2. The van der Waals surface area contributed by atoms with Crippen LogP contribution in [0.2, 0.25) is 0 Å². The zero-order valence-electron chi connectivity index (χ0n) is 6.80. The number of aliphatic hydroxyl groups excluding tert-OH is 1. The van der Waals surface area contributed by atoms with Gasteiger partial charge in [0.25, 0.3) is 0 Å². The molecule has 0 bridgehead atoms. The molecule has 1 heterocycles. The first kappa shape index (κ1) is 9.49. The molecule has 0 radical (unpaired) electrons. The number of rotatable bonds is 4. The minimum atomic E-state index is 0.366. The maximum Gasteiger partial charge on any atom is 0.0471 e. The average molecular weight is 222 g/mol. The average Bonchev–Trinajstić information content (AvgIpc) is 2.48. The Morgan fingerprint density at radius 2 is 2.36 bits per heavy atom. The summed E-state index contributed by atoms with van der Waals surface area (Å²) in [6.45, 7) is 3.83. The minimum Gasteiger partial charge on any atom is -0.396 e. The number of aliphatic hydroxyl groups is 1. The van der Waals surface area contributed by atoms with Crippen LogP contribution in [0, 0.1) is 5.92 Å². The summed E-state index contributed by atoms with van der Waals surface area (Å²) in [6, 6.07) is 0. The molecule has 1 saturated heterocycles. The summed E-state index contributed by atoms with van der Waals surface area (Å²) in [7, 11) is 0. The molecule has 11 heavy (non-hydrogen) atoms. The summed E-state index contributed by atoms with van der Waals surface area (Å²) < 4.78 is 0. The molecule has 0 aromatic heterocycles. The molecule has 1 unspecified atom stereocenters. The second-order valence-electron chi connectivity index (χ2n) is 3.18. The van der Waals surface area contributed by atoms with Crippen molar-refractivity contribution in [1.82, 2.24) is 4.90 Å². The van der Waals surface area contributed by atoms with E-state index < -0.39 is 0 Å². The standard InChI is InChI=1S/C8H16BrNO/c9-3-1-4-10-5-2-8(6-10)7-11/h8,11H,1-7H2. The fourth-order valence-corrected chi connectivity index (χ4v) is 1.80. The third kappa shape index (κ3) is 3.09. The van der Waals surface area contributed by atoms with Crippen LogP contribution in [0.25, 0.3) is 0 Å². The number of nitrogens with zero attached hydrogens (tertiary/aromatic N) is 1. The lowest BCUT2D eigenvalue weighted by Crippen LogP contribution is -2.22. The summed E-state index contributed by atoms with van der Waals surface area (Å²) in [6.07, 6.45) is 2.40. The molecule has 1 aliphatic heterocycles. The Bertz CT molecular complexity index is 110. The molecule has 0 saturated carbocycles. The predicted octanol–water partition coefficient (Wildman–Crippen LogP) is 1.09. The van der Waals surface area contributed by atoms with Crippen molar-refractivity contribution in [3.63, 3.8) is 0 Å². The van der Waals surface area contributed by atoms with E-state index in [2.05, 4.69) is 20.8 Å². The van der Waals surface area contributed by atoms with Gasteiger partial charge in [-0.1, -0.05) is 15.9 Å². The van der Waals surface area contributed by atoms with Crippen molar-refractivity contribution in [3.05, 3.63) is 0 Å². The molecule has 1 aliphatic rings. The number of likely N-dealkylation sites (tertiary alicyclic amines) is 1. The van der Waals surface area contributed by atoms with Gasteiger partial charge in [-0.2, -0.15) is 0 Å². The van der Waals surface area contributed by atoms with Gasteiger partial charge in [0.15, 0.2) is 0 Å². The zero-order chi connectivity index (χ0) is 8.10. The molecule has 1 N–H and O–H groups in total. The van der Waals surface area contributed by atoms with Gasteiger partial charge in [-0.05, 0) is 31.8 Å². The van der Waals surface area contributed by atoms with E-state index in [1.807, 2.05) is 0 Å². The second-order valence-corrected chi connectivity index (χ2v) is 3.97. The van der Waals surface area contributed by atoms with Gasteiger partial charge in [0.05, 0.1) is 0 Å². The van der Waals surface area contributed by atoms with E-state index in [0.29, 0.717) is 12.5 Å². The topological polar surface area (TPSA) is 23.5 Å². The molecule has 0 spiro atoms. The lowest BCUT2D eigenvalue weighted by atomic mass is 10.1. The van der Waals surface area contributed by atoms with Crippen molar-refractivity contribution < 1.29 is 5.11 Å². The highest BCUT2D eigenvalue weighted by molar-refractivity contribution is 9.09. The van der Waals surface area contributed by atoms with Gasteiger partial charge < -0.3 is 10.0 Å². The van der Waals surface area contributed by atoms with Crippen LogP contribution in [0.15, 0.2) is 0 Å². The molecule has 66 valence electrons. The van der Waals surface area contributed by atoms with Gasteiger partial charge in [-0.25, -0.2) is 0 Å². The lowest BCUT2D eigenvalue weighted by molar-refractivity contribution is 0.222. The van der Waals surface area contributed by atoms with Crippen LogP contribution in [0.3, 0.4) is 0 Å². The molecule has 1 rings (SSSR count). The molecule has 0 aromatic rings. The van der Waals surface area contributed by atoms with E-state index in [4.69, 9.17) is 5.11 Å². The molecular formula is C8H16BrNO. The molecule has 0 amide bonds. The highest BCUT2D eigenvalue weighted by Crippen LogP contribution is 2.15. The Kier molecular flexibility index (Phi) is 4.41. The summed E-state index contributed by atoms with van der Waals surface area (Å²) >= 11 is 3.41. The Balaban J connectivity index is 2.09. The fourth-order valence-electron chi connectivity index (χ4n) is 1.55. The van der Waals surface area contributed by atoms with Crippen molar-refractivity contribution in [1.29, 1.82) is 0 Å². The van der Waals surface area contributed by atoms with Crippen LogP contribution < -0.4 is 0 Å². The summed E-state index contributed by atoms with van der Waals surface area (Å²) in [4.78, 5) is 2.43. The van der Waals surface area contributed by atoms with Crippen molar-refractivity contribution in [2.75, 3.05) is 31.6 Å². The van der Waals surface area contributed by atoms with Crippen molar-refractivity contribution in [2.45, 2.75) is 12.8 Å². The quantitative estimate of drug-likeness (QED) is 0.719. The Hall–Kier alpha value is 0.400. The predicted molar refractivity (Wildman–Crippen MR) is 50.0 cm³/mol. The Morgan fingerprint density at radius 3 is 2.91 bits per heavy atom. The van der Waals surface area contributed by atoms with Crippen molar-refractivity contribution in [3.8, 4) is 0 Å². The number of hydrogen-bond acceptors (Lipinski definition) is 2. The van der Waals surface area contributed by atoms with Gasteiger partial charge in [-0.15, -0.1) is 0 Å². The van der Waals surface area contributed by atoms with Gasteiger partial charge in [-0.3, -0.25) is 0 Å². The monoisotopic (exact) mass is 221 g/mol. The summed E-state index contributed by atoms with van der Waals surface area (Å²) in [5.41, 5.74) is 0. The number of alkyl halides is 1. The van der Waals surface area contributed by atoms with E-state index >= 15 is 0 Å². The molecule has 3 heteroatoms. The van der Waals surface area contributed by atoms with Crippen LogP contribution in [0.5, 0.6) is 0 Å². The third-order valence-corrected chi connectivity index (χ3v) is 2.80. The Morgan fingerprint density at radius 1 is 1.55 bits per heavy atom. The molecule has 0 aromatic carbocycles. The first-order valence-electron chi connectivity index (χ1n) is 4.26. The van der Waals surface area contributed by atoms with Crippen LogP contribution in [0.1, 0.15) is 12.8 Å². The van der Waals surface area contributed by atoms with Crippen LogP contribution in [-0.2, 0) is 0 Å². The van der Waals surface area contributed by atoms with E-state index in [9.17, 15) is 0 Å². The second kappa shape index (κ2) is 5.12. The molecule has 0 aliphatic carbocycles. The van der Waals surface area contributed by atoms with E-state index in [1.54, 1.807) is 0 Å². The molecule has 1 fully saturated rings.